The van der Waals surface area contributed by atoms with Gasteiger partial charge >= 0.3 is 0 Å². The summed E-state index contributed by atoms with van der Waals surface area (Å²) in [5, 5.41) is 11.3. The summed E-state index contributed by atoms with van der Waals surface area (Å²) in [6.07, 6.45) is 0.660. The number of fused-ring (bicyclic) bond motifs is 4. The minimum absolute atomic E-state index is 0.198. The number of nitrogens with one attached hydrogen (secondary N) is 1. The topological polar surface area (TPSA) is 74.2 Å². The lowest BCUT2D eigenvalue weighted by Gasteiger charge is -2.33. The fraction of sp³-hybridized carbons (Fsp3) is 0.304. The molecule has 1 amide bonds. The fourth-order valence-corrected chi connectivity index (χ4v) is 5.17. The number of aliphatic hydroxyl groups is 1. The van der Waals surface area contributed by atoms with Crippen molar-refractivity contribution in [3.8, 4) is 11.1 Å². The van der Waals surface area contributed by atoms with Crippen molar-refractivity contribution >= 4 is 51.0 Å². The zero-order chi connectivity index (χ0) is 22.0. The first-order chi connectivity index (χ1) is 14.8. The molecule has 160 valence electrons. The number of hydrogen-bond acceptors (Lipinski definition) is 3. The van der Waals surface area contributed by atoms with Crippen LogP contribution in [0.15, 0.2) is 24.3 Å². The summed E-state index contributed by atoms with van der Waals surface area (Å²) >= 11 is 13.1. The molecule has 1 atom stereocenters. The van der Waals surface area contributed by atoms with Gasteiger partial charge in [-0.3, -0.25) is 4.79 Å². The SMILES string of the molecule is Cc1nc2ccc(-c3cc(Cl)c(Cl)c4[nH]c5c(c34)[C@H](C)N(C(=O)CO)CC5)cc2n1C. The van der Waals surface area contributed by atoms with Crippen molar-refractivity contribution in [3.05, 3.63) is 51.4 Å². The number of rotatable bonds is 2. The normalized spacial score (nSPS) is 16.3. The van der Waals surface area contributed by atoms with Crippen LogP contribution in [0.25, 0.3) is 33.1 Å². The first-order valence-electron chi connectivity index (χ1n) is 10.2. The number of carbonyl (C=O) groups excluding carboxylic acids is 1. The number of H-pyrrole nitrogens is 1. The highest BCUT2D eigenvalue weighted by molar-refractivity contribution is 6.45. The average molecular weight is 457 g/mol. The van der Waals surface area contributed by atoms with E-state index in [0.29, 0.717) is 23.0 Å². The van der Waals surface area contributed by atoms with E-state index < -0.39 is 6.61 Å². The Morgan fingerprint density at radius 1 is 1.32 bits per heavy atom. The molecule has 0 saturated heterocycles. The van der Waals surface area contributed by atoms with E-state index >= 15 is 0 Å². The molecule has 0 fully saturated rings. The highest BCUT2D eigenvalue weighted by atomic mass is 35.5. The highest BCUT2D eigenvalue weighted by Gasteiger charge is 2.32. The van der Waals surface area contributed by atoms with E-state index in [0.717, 1.165) is 50.1 Å². The second kappa shape index (κ2) is 7.26. The lowest BCUT2D eigenvalue weighted by Crippen LogP contribution is -2.40. The molecular weight excluding hydrogens is 435 g/mol. The predicted octanol–water partition coefficient (Wildman–Crippen LogP) is 4.77. The Kier molecular flexibility index (Phi) is 4.77. The van der Waals surface area contributed by atoms with Gasteiger partial charge < -0.3 is 19.6 Å². The maximum absolute atomic E-state index is 12.3. The van der Waals surface area contributed by atoms with Crippen LogP contribution in [0.3, 0.4) is 0 Å². The molecule has 2 N–H and O–H groups in total. The first-order valence-corrected chi connectivity index (χ1v) is 10.9. The lowest BCUT2D eigenvalue weighted by molar-refractivity contribution is -0.136. The van der Waals surface area contributed by atoms with Crippen LogP contribution in [0.5, 0.6) is 0 Å². The number of aromatic nitrogens is 3. The standard InChI is InChI=1S/C23H22Cl2N4O2/c1-11-20-17(6-7-29(11)19(31)10-30)27-23-21(20)14(9-15(24)22(23)25)13-4-5-16-18(8-13)28(3)12(2)26-16/h4-5,8-9,11,27,30H,6-7,10H2,1-3H3/t11-/m0/s1. The second-order valence-electron chi connectivity index (χ2n) is 8.08. The largest absolute Gasteiger partial charge is 0.387 e. The van der Waals surface area contributed by atoms with Gasteiger partial charge in [-0.2, -0.15) is 0 Å². The van der Waals surface area contributed by atoms with E-state index in [2.05, 4.69) is 20.6 Å². The molecule has 8 heteroatoms. The van der Waals surface area contributed by atoms with Crippen molar-refractivity contribution in [1.29, 1.82) is 0 Å². The maximum atomic E-state index is 12.3. The quantitative estimate of drug-likeness (QED) is 0.455. The van der Waals surface area contributed by atoms with Gasteiger partial charge in [-0.25, -0.2) is 4.98 Å². The summed E-state index contributed by atoms with van der Waals surface area (Å²) in [7, 11) is 2.00. The van der Waals surface area contributed by atoms with Gasteiger partial charge in [-0.1, -0.05) is 29.3 Å². The minimum atomic E-state index is -0.502. The molecule has 6 nitrogen and oxygen atoms in total. The maximum Gasteiger partial charge on any atom is 0.248 e. The van der Waals surface area contributed by atoms with Crippen LogP contribution >= 0.6 is 23.2 Å². The van der Waals surface area contributed by atoms with Gasteiger partial charge in [0, 0.05) is 36.7 Å². The monoisotopic (exact) mass is 456 g/mol. The molecule has 4 aromatic rings. The number of halogens is 2. The van der Waals surface area contributed by atoms with Crippen LogP contribution in [-0.4, -0.2) is 43.6 Å². The van der Waals surface area contributed by atoms with Gasteiger partial charge in [0.1, 0.15) is 12.4 Å². The van der Waals surface area contributed by atoms with Gasteiger partial charge in [-0.15, -0.1) is 0 Å². The molecule has 31 heavy (non-hydrogen) atoms. The molecular formula is C23H22Cl2N4O2. The molecule has 0 spiro atoms. The summed E-state index contributed by atoms with van der Waals surface area (Å²) in [5.74, 6) is 0.665. The molecule has 5 rings (SSSR count). The van der Waals surface area contributed by atoms with Crippen LogP contribution in [0.2, 0.25) is 10.0 Å². The number of benzene rings is 2. The van der Waals surface area contributed by atoms with Gasteiger partial charge in [0.2, 0.25) is 5.91 Å². The zero-order valence-corrected chi connectivity index (χ0v) is 19.0. The number of hydrogen-bond donors (Lipinski definition) is 2. The predicted molar refractivity (Wildman–Crippen MR) is 124 cm³/mol. The Morgan fingerprint density at radius 2 is 2.10 bits per heavy atom. The van der Waals surface area contributed by atoms with Crippen molar-refractivity contribution < 1.29 is 9.90 Å². The Labute approximate surface area is 189 Å². The van der Waals surface area contributed by atoms with E-state index in [1.807, 2.05) is 39.1 Å². The Hall–Kier alpha value is -2.54. The third-order valence-corrected chi connectivity index (χ3v) is 7.24. The highest BCUT2D eigenvalue weighted by Crippen LogP contribution is 2.45. The third kappa shape index (κ3) is 2.97. The average Bonchev–Trinajstić information content (AvgIpc) is 3.29. The summed E-state index contributed by atoms with van der Waals surface area (Å²) in [4.78, 5) is 22.1. The van der Waals surface area contributed by atoms with Crippen LogP contribution in [0, 0.1) is 6.92 Å². The van der Waals surface area contributed by atoms with Crippen LogP contribution in [0.1, 0.15) is 30.0 Å². The summed E-state index contributed by atoms with van der Waals surface area (Å²) in [6.45, 7) is 4.01. The van der Waals surface area contributed by atoms with Crippen molar-refractivity contribution in [2.45, 2.75) is 26.3 Å². The van der Waals surface area contributed by atoms with Crippen molar-refractivity contribution in [3.63, 3.8) is 0 Å². The number of imidazole rings is 1. The summed E-state index contributed by atoms with van der Waals surface area (Å²) in [5.41, 5.74) is 6.77. The molecule has 1 aliphatic rings. The summed E-state index contributed by atoms with van der Waals surface area (Å²) in [6, 6.07) is 7.85. The molecule has 2 aromatic carbocycles. The number of nitrogens with zero attached hydrogens (tertiary/aromatic N) is 3. The number of aliphatic hydroxyl groups excluding tert-OH is 1. The lowest BCUT2D eigenvalue weighted by atomic mass is 9.92. The molecule has 0 aliphatic carbocycles. The van der Waals surface area contributed by atoms with Crippen molar-refractivity contribution in [2.75, 3.05) is 13.2 Å². The first kappa shape index (κ1) is 20.4. The number of carbonyl (C=O) groups is 1. The molecule has 1 aliphatic heterocycles. The number of amides is 1. The molecule has 0 unspecified atom stereocenters. The molecule has 2 aromatic heterocycles. The molecule has 0 radical (unpaired) electrons. The van der Waals surface area contributed by atoms with E-state index in [9.17, 15) is 9.90 Å². The minimum Gasteiger partial charge on any atom is -0.387 e. The Balaban J connectivity index is 1.80. The second-order valence-corrected chi connectivity index (χ2v) is 8.87. The van der Waals surface area contributed by atoms with Gasteiger partial charge in [0.15, 0.2) is 0 Å². The van der Waals surface area contributed by atoms with Crippen LogP contribution < -0.4 is 0 Å². The molecule has 0 saturated carbocycles. The van der Waals surface area contributed by atoms with E-state index in [1.165, 1.54) is 0 Å². The van der Waals surface area contributed by atoms with Crippen LogP contribution in [0.4, 0.5) is 0 Å². The van der Waals surface area contributed by atoms with Gasteiger partial charge in [-0.05, 0) is 43.2 Å². The summed E-state index contributed by atoms with van der Waals surface area (Å²) < 4.78 is 2.06. The zero-order valence-electron chi connectivity index (χ0n) is 17.5. The molecule has 0 bridgehead atoms. The van der Waals surface area contributed by atoms with E-state index in [1.54, 1.807) is 4.90 Å². The number of aryl methyl sites for hydroxylation is 2. The Morgan fingerprint density at radius 3 is 2.84 bits per heavy atom. The third-order valence-electron chi connectivity index (χ3n) is 6.45. The van der Waals surface area contributed by atoms with Gasteiger partial charge in [0.25, 0.3) is 0 Å². The van der Waals surface area contributed by atoms with E-state index in [4.69, 9.17) is 23.2 Å². The molecule has 3 heterocycles. The van der Waals surface area contributed by atoms with Crippen LogP contribution in [-0.2, 0) is 18.3 Å². The van der Waals surface area contributed by atoms with Crippen molar-refractivity contribution in [1.82, 2.24) is 19.4 Å². The Bertz CT molecular complexity index is 1370. The van der Waals surface area contributed by atoms with E-state index in [-0.39, 0.29) is 11.9 Å². The van der Waals surface area contributed by atoms with Crippen molar-refractivity contribution in [2.24, 2.45) is 7.05 Å². The smallest absolute Gasteiger partial charge is 0.248 e. The fourth-order valence-electron chi connectivity index (χ4n) is 4.77. The number of aromatic amines is 1. The van der Waals surface area contributed by atoms with Gasteiger partial charge in [0.05, 0.1) is 32.6 Å².